The normalized spacial score (nSPS) is 10.9. The first-order chi connectivity index (χ1) is 15.9. The van der Waals surface area contributed by atoms with Crippen molar-refractivity contribution in [2.24, 2.45) is 0 Å². The van der Waals surface area contributed by atoms with Crippen LogP contribution in [0.2, 0.25) is 10.0 Å². The molecule has 0 aliphatic rings. The zero-order valence-electron chi connectivity index (χ0n) is 17.5. The van der Waals surface area contributed by atoms with E-state index in [0.717, 1.165) is 17.1 Å². The number of aromatic nitrogens is 4. The van der Waals surface area contributed by atoms with Gasteiger partial charge in [-0.2, -0.15) is 10.1 Å². The van der Waals surface area contributed by atoms with Crippen LogP contribution in [0.1, 0.15) is 13.3 Å². The summed E-state index contributed by atoms with van der Waals surface area (Å²) < 4.78 is 20.9. The van der Waals surface area contributed by atoms with E-state index in [9.17, 15) is 9.18 Å². The number of nitrogens with zero attached hydrogens (tertiary/aromatic N) is 4. The number of halogens is 3. The Hall–Kier alpha value is -3.43. The molecular formula is C22H19Cl2FN6O2. The highest BCUT2D eigenvalue weighted by Crippen LogP contribution is 2.28. The predicted octanol–water partition coefficient (Wildman–Crippen LogP) is 5.71. The van der Waals surface area contributed by atoms with Crippen molar-refractivity contribution < 1.29 is 13.9 Å². The van der Waals surface area contributed by atoms with Gasteiger partial charge in [0.15, 0.2) is 11.6 Å². The van der Waals surface area contributed by atoms with Crippen molar-refractivity contribution in [2.45, 2.75) is 19.9 Å². The maximum Gasteiger partial charge on any atom is 0.307 e. The summed E-state index contributed by atoms with van der Waals surface area (Å²) in [5, 5.41) is 11.9. The maximum atomic E-state index is 14.2. The average Bonchev–Trinajstić information content (AvgIpc) is 3.19. The van der Waals surface area contributed by atoms with Gasteiger partial charge in [0.2, 0.25) is 5.95 Å². The fourth-order valence-electron chi connectivity index (χ4n) is 3.13. The van der Waals surface area contributed by atoms with E-state index in [-0.39, 0.29) is 24.2 Å². The number of aryl methyl sites for hydroxylation is 1. The average molecular weight is 489 g/mol. The largest absolute Gasteiger partial charge is 0.466 e. The van der Waals surface area contributed by atoms with Gasteiger partial charge in [0.1, 0.15) is 0 Å². The third-order valence-corrected chi connectivity index (χ3v) is 5.40. The molecule has 33 heavy (non-hydrogen) atoms. The van der Waals surface area contributed by atoms with Crippen LogP contribution in [0, 0.1) is 5.82 Å². The van der Waals surface area contributed by atoms with Gasteiger partial charge >= 0.3 is 5.97 Å². The van der Waals surface area contributed by atoms with Crippen LogP contribution in [-0.2, 0) is 16.1 Å². The first kappa shape index (κ1) is 22.8. The number of carbonyl (C=O) groups excluding carboxylic acids is 1. The third-order valence-electron chi connectivity index (χ3n) is 4.66. The van der Waals surface area contributed by atoms with Crippen LogP contribution in [-0.4, -0.2) is 32.3 Å². The minimum Gasteiger partial charge on any atom is -0.466 e. The Morgan fingerprint density at radius 3 is 2.67 bits per heavy atom. The second-order valence-corrected chi connectivity index (χ2v) is 7.78. The molecule has 2 heterocycles. The molecule has 0 saturated carbocycles. The topological polar surface area (TPSA) is 94.0 Å². The molecule has 170 valence electrons. The zero-order valence-corrected chi connectivity index (χ0v) is 19.0. The van der Waals surface area contributed by atoms with Crippen molar-refractivity contribution in [1.29, 1.82) is 0 Å². The second kappa shape index (κ2) is 10.0. The van der Waals surface area contributed by atoms with Gasteiger partial charge in [-0.05, 0) is 43.3 Å². The van der Waals surface area contributed by atoms with Crippen molar-refractivity contribution in [2.75, 3.05) is 17.2 Å². The van der Waals surface area contributed by atoms with Crippen molar-refractivity contribution >= 4 is 63.2 Å². The Bertz CT molecular complexity index is 1310. The highest BCUT2D eigenvalue weighted by Gasteiger charge is 2.11. The van der Waals surface area contributed by atoms with E-state index < -0.39 is 5.82 Å². The first-order valence-corrected chi connectivity index (χ1v) is 10.8. The number of carbonyl (C=O) groups is 1. The fourth-order valence-corrected chi connectivity index (χ4v) is 3.43. The number of ether oxygens (including phenoxy) is 1. The molecule has 0 unspecified atom stereocenters. The molecule has 0 radical (unpaired) electrons. The molecule has 4 rings (SSSR count). The molecule has 0 bridgehead atoms. The summed E-state index contributed by atoms with van der Waals surface area (Å²) in [4.78, 5) is 19.8. The number of fused-ring (bicyclic) bond motifs is 1. The zero-order chi connectivity index (χ0) is 23.4. The predicted molar refractivity (Wildman–Crippen MR) is 126 cm³/mol. The molecule has 2 aromatic carbocycles. The molecule has 0 aliphatic carbocycles. The van der Waals surface area contributed by atoms with Crippen molar-refractivity contribution in [3.63, 3.8) is 0 Å². The Labute approximate surface area is 198 Å². The van der Waals surface area contributed by atoms with Crippen molar-refractivity contribution in [3.05, 3.63) is 64.7 Å². The van der Waals surface area contributed by atoms with E-state index in [1.165, 1.54) is 0 Å². The van der Waals surface area contributed by atoms with Crippen LogP contribution < -0.4 is 10.6 Å². The minimum atomic E-state index is -0.620. The molecule has 2 aromatic heterocycles. The van der Waals surface area contributed by atoms with Gasteiger partial charge in [-0.25, -0.2) is 9.37 Å². The number of benzene rings is 2. The second-order valence-electron chi connectivity index (χ2n) is 6.97. The highest BCUT2D eigenvalue weighted by atomic mass is 35.5. The van der Waals surface area contributed by atoms with Gasteiger partial charge in [-0.1, -0.05) is 23.2 Å². The lowest BCUT2D eigenvalue weighted by atomic mass is 10.2. The summed E-state index contributed by atoms with van der Waals surface area (Å²) in [6.45, 7) is 2.54. The molecule has 4 aromatic rings. The number of nitrogens with one attached hydrogen (secondary N) is 2. The molecular weight excluding hydrogens is 470 g/mol. The van der Waals surface area contributed by atoms with Gasteiger partial charge in [0, 0.05) is 16.8 Å². The maximum absolute atomic E-state index is 14.2. The molecule has 11 heteroatoms. The Morgan fingerprint density at radius 1 is 1.09 bits per heavy atom. The Morgan fingerprint density at radius 2 is 1.88 bits per heavy atom. The Kier molecular flexibility index (Phi) is 6.90. The smallest absolute Gasteiger partial charge is 0.307 e. The molecule has 8 nitrogen and oxygen atoms in total. The summed E-state index contributed by atoms with van der Waals surface area (Å²) in [7, 11) is 0. The van der Waals surface area contributed by atoms with E-state index in [1.807, 2.05) is 18.2 Å². The summed E-state index contributed by atoms with van der Waals surface area (Å²) in [5.41, 5.74) is 2.09. The van der Waals surface area contributed by atoms with Crippen LogP contribution in [0.15, 0.2) is 48.8 Å². The van der Waals surface area contributed by atoms with Crippen molar-refractivity contribution in [1.82, 2.24) is 19.7 Å². The SMILES string of the molecule is CCOC(=O)CCn1ncc2cc(Nc3ncc(F)c(Nc4ccc(Cl)c(Cl)c4)n3)ccc21. The number of esters is 1. The third kappa shape index (κ3) is 5.50. The number of anilines is 4. The van der Waals surface area contributed by atoms with E-state index in [1.54, 1.807) is 36.0 Å². The Balaban J connectivity index is 1.49. The van der Waals surface area contributed by atoms with Gasteiger partial charge in [-0.3, -0.25) is 9.48 Å². The highest BCUT2D eigenvalue weighted by molar-refractivity contribution is 6.42. The van der Waals surface area contributed by atoms with Gasteiger partial charge < -0.3 is 15.4 Å². The summed E-state index contributed by atoms with van der Waals surface area (Å²) in [5.74, 6) is -0.699. The molecule has 0 saturated heterocycles. The van der Waals surface area contributed by atoms with E-state index in [2.05, 4.69) is 25.7 Å². The van der Waals surface area contributed by atoms with Crippen LogP contribution in [0.5, 0.6) is 0 Å². The lowest BCUT2D eigenvalue weighted by Crippen LogP contribution is -2.09. The number of hydrogen-bond donors (Lipinski definition) is 2. The molecule has 0 fully saturated rings. The lowest BCUT2D eigenvalue weighted by molar-refractivity contribution is -0.143. The van der Waals surface area contributed by atoms with E-state index in [0.29, 0.717) is 34.6 Å². The van der Waals surface area contributed by atoms with E-state index >= 15 is 0 Å². The lowest BCUT2D eigenvalue weighted by Gasteiger charge is -2.10. The van der Waals surface area contributed by atoms with E-state index in [4.69, 9.17) is 27.9 Å². The van der Waals surface area contributed by atoms with Crippen LogP contribution >= 0.6 is 23.2 Å². The van der Waals surface area contributed by atoms with Crippen molar-refractivity contribution in [3.8, 4) is 0 Å². The number of hydrogen-bond acceptors (Lipinski definition) is 7. The quantitative estimate of drug-likeness (QED) is 0.306. The van der Waals surface area contributed by atoms with Gasteiger partial charge in [-0.15, -0.1) is 0 Å². The molecule has 0 spiro atoms. The first-order valence-electron chi connectivity index (χ1n) is 10.1. The van der Waals surface area contributed by atoms with Crippen LogP contribution in [0.25, 0.3) is 10.9 Å². The summed E-state index contributed by atoms with van der Waals surface area (Å²) >= 11 is 11.9. The fraction of sp³-hybridized carbons (Fsp3) is 0.182. The number of rotatable bonds is 8. The van der Waals surface area contributed by atoms with Gasteiger partial charge in [0.25, 0.3) is 0 Å². The molecule has 0 amide bonds. The monoisotopic (exact) mass is 488 g/mol. The standard InChI is InChI=1S/C22H19Cl2FN6O2/c1-2-33-20(32)7-8-31-19-6-4-14(9-13(19)11-27-31)29-22-26-12-18(25)21(30-22)28-15-3-5-16(23)17(24)10-15/h3-6,9-12H,2,7-8H2,1H3,(H2,26,28,29,30). The molecule has 2 N–H and O–H groups in total. The van der Waals surface area contributed by atoms with Crippen LogP contribution in [0.4, 0.5) is 27.5 Å². The summed E-state index contributed by atoms with van der Waals surface area (Å²) in [6, 6.07) is 10.4. The minimum absolute atomic E-state index is 0.0150. The molecule has 0 aliphatic heterocycles. The van der Waals surface area contributed by atoms with Gasteiger partial charge in [0.05, 0.1) is 47.5 Å². The van der Waals surface area contributed by atoms with Crippen LogP contribution in [0.3, 0.4) is 0 Å². The summed E-state index contributed by atoms with van der Waals surface area (Å²) in [6.07, 6.45) is 3.01. The molecule has 0 atom stereocenters.